The van der Waals surface area contributed by atoms with Gasteiger partial charge in [0.05, 0.1) is 3.57 Å². The van der Waals surface area contributed by atoms with Crippen molar-refractivity contribution in [2.45, 2.75) is 13.3 Å². The second-order valence-electron chi connectivity index (χ2n) is 2.56. The first-order valence-electron chi connectivity index (χ1n) is 3.51. The fourth-order valence-corrected chi connectivity index (χ4v) is 1.28. The van der Waals surface area contributed by atoms with Crippen LogP contribution in [0.5, 0.6) is 5.75 Å². The van der Waals surface area contributed by atoms with Crippen LogP contribution in [-0.4, -0.2) is 6.36 Å². The summed E-state index contributed by atoms with van der Waals surface area (Å²) in [6.07, 6.45) is -4.86. The molecular formula is C8H5F4IO. The highest BCUT2D eigenvalue weighted by Crippen LogP contribution is 2.29. The average Bonchev–Trinajstić information content (AvgIpc) is 2.04. The Morgan fingerprint density at radius 1 is 1.29 bits per heavy atom. The zero-order valence-electron chi connectivity index (χ0n) is 6.95. The van der Waals surface area contributed by atoms with Crippen LogP contribution in [-0.2, 0) is 0 Å². The van der Waals surface area contributed by atoms with Gasteiger partial charge >= 0.3 is 6.36 Å². The maximum Gasteiger partial charge on any atom is 0.573 e. The number of halogens is 5. The normalized spacial score (nSPS) is 11.6. The highest BCUT2D eigenvalue weighted by molar-refractivity contribution is 14.1. The molecule has 0 fully saturated rings. The van der Waals surface area contributed by atoms with Crippen LogP contribution in [0.15, 0.2) is 12.1 Å². The van der Waals surface area contributed by atoms with Crippen LogP contribution in [0.2, 0.25) is 0 Å². The number of alkyl halides is 3. The molecule has 0 aliphatic heterocycles. The van der Waals surface area contributed by atoms with Crippen LogP contribution < -0.4 is 4.74 Å². The molecule has 0 aromatic heterocycles. The van der Waals surface area contributed by atoms with Gasteiger partial charge in [0.15, 0.2) is 11.6 Å². The summed E-state index contributed by atoms with van der Waals surface area (Å²) < 4.78 is 52.1. The molecule has 78 valence electrons. The predicted molar refractivity (Wildman–Crippen MR) is 50.5 cm³/mol. The molecule has 0 radical (unpaired) electrons. The molecule has 0 aliphatic carbocycles. The molecule has 0 saturated heterocycles. The van der Waals surface area contributed by atoms with Crippen molar-refractivity contribution in [3.63, 3.8) is 0 Å². The molecule has 0 spiro atoms. The minimum atomic E-state index is -4.86. The van der Waals surface area contributed by atoms with Crippen LogP contribution in [0.3, 0.4) is 0 Å². The number of hydrogen-bond donors (Lipinski definition) is 0. The summed E-state index contributed by atoms with van der Waals surface area (Å²) in [5.41, 5.74) is 0.567. The van der Waals surface area contributed by atoms with Crippen molar-refractivity contribution in [1.29, 1.82) is 0 Å². The Morgan fingerprint density at radius 3 is 2.36 bits per heavy atom. The maximum absolute atomic E-state index is 13.2. The molecule has 0 heterocycles. The predicted octanol–water partition coefficient (Wildman–Crippen LogP) is 3.64. The second-order valence-corrected chi connectivity index (χ2v) is 3.64. The van der Waals surface area contributed by atoms with Crippen molar-refractivity contribution in [2.24, 2.45) is 0 Å². The maximum atomic E-state index is 13.2. The summed E-state index contributed by atoms with van der Waals surface area (Å²) in [7, 11) is 0. The lowest BCUT2D eigenvalue weighted by atomic mass is 10.2. The van der Waals surface area contributed by atoms with Gasteiger partial charge in [-0.05, 0) is 41.1 Å². The molecule has 1 aromatic carbocycles. The first kappa shape index (κ1) is 11.5. The minimum Gasteiger partial charge on any atom is -0.403 e. The third kappa shape index (κ3) is 2.73. The molecule has 14 heavy (non-hydrogen) atoms. The third-order valence-electron chi connectivity index (χ3n) is 1.47. The van der Waals surface area contributed by atoms with E-state index in [0.717, 1.165) is 6.07 Å². The van der Waals surface area contributed by atoms with Crippen molar-refractivity contribution >= 4 is 22.6 Å². The highest BCUT2D eigenvalue weighted by Gasteiger charge is 2.32. The number of benzene rings is 1. The topological polar surface area (TPSA) is 9.23 Å². The molecule has 0 atom stereocenters. The molecule has 1 rings (SSSR count). The van der Waals surface area contributed by atoms with E-state index in [4.69, 9.17) is 0 Å². The Bertz CT molecular complexity index is 348. The van der Waals surface area contributed by atoms with Crippen LogP contribution in [0, 0.1) is 16.3 Å². The number of aryl methyl sites for hydroxylation is 1. The first-order valence-corrected chi connectivity index (χ1v) is 4.59. The summed E-state index contributed by atoms with van der Waals surface area (Å²) in [5, 5.41) is 0. The Hall–Kier alpha value is -0.530. The van der Waals surface area contributed by atoms with Gasteiger partial charge in [0.25, 0.3) is 0 Å². The van der Waals surface area contributed by atoms with Gasteiger partial charge in [-0.25, -0.2) is 4.39 Å². The van der Waals surface area contributed by atoms with Crippen LogP contribution in [0.4, 0.5) is 17.6 Å². The summed E-state index contributed by atoms with van der Waals surface area (Å²) >= 11 is 1.62. The molecule has 6 heteroatoms. The Balaban J connectivity index is 3.06. The van der Waals surface area contributed by atoms with Gasteiger partial charge in [0, 0.05) is 0 Å². The van der Waals surface area contributed by atoms with E-state index in [9.17, 15) is 17.6 Å². The molecule has 0 unspecified atom stereocenters. The van der Waals surface area contributed by atoms with Crippen LogP contribution in [0.1, 0.15) is 5.56 Å². The summed E-state index contributed by atoms with van der Waals surface area (Å²) in [5.74, 6) is -1.78. The Kier molecular flexibility index (Phi) is 3.23. The summed E-state index contributed by atoms with van der Waals surface area (Å²) in [6, 6.07) is 2.33. The number of hydrogen-bond acceptors (Lipinski definition) is 1. The molecule has 0 amide bonds. The van der Waals surface area contributed by atoms with E-state index in [-0.39, 0.29) is 3.57 Å². The quantitative estimate of drug-likeness (QED) is 0.567. The van der Waals surface area contributed by atoms with Crippen molar-refractivity contribution in [1.82, 2.24) is 0 Å². The Morgan fingerprint density at radius 2 is 1.86 bits per heavy atom. The first-order chi connectivity index (χ1) is 6.31. The molecule has 1 aromatic rings. The minimum absolute atomic E-state index is 0.129. The van der Waals surface area contributed by atoms with Gasteiger partial charge in [-0.1, -0.05) is 6.07 Å². The molecule has 0 N–H and O–H groups in total. The lowest BCUT2D eigenvalue weighted by Crippen LogP contribution is -2.18. The third-order valence-corrected chi connectivity index (χ3v) is 2.79. The fraction of sp³-hybridized carbons (Fsp3) is 0.250. The fourth-order valence-electron chi connectivity index (χ4n) is 0.832. The average molecular weight is 320 g/mol. The molecule has 0 saturated carbocycles. The van der Waals surface area contributed by atoms with Gasteiger partial charge in [-0.3, -0.25) is 0 Å². The summed E-state index contributed by atoms with van der Waals surface area (Å²) in [4.78, 5) is 0. The lowest BCUT2D eigenvalue weighted by molar-refractivity contribution is -0.275. The van der Waals surface area contributed by atoms with Crippen LogP contribution in [0.25, 0.3) is 0 Å². The summed E-state index contributed by atoms with van der Waals surface area (Å²) in [6.45, 7) is 1.60. The van der Waals surface area contributed by atoms with Crippen molar-refractivity contribution in [3.05, 3.63) is 27.1 Å². The van der Waals surface area contributed by atoms with Crippen molar-refractivity contribution in [2.75, 3.05) is 0 Å². The molecule has 0 aliphatic rings. The van der Waals surface area contributed by atoms with E-state index in [2.05, 4.69) is 4.74 Å². The smallest absolute Gasteiger partial charge is 0.403 e. The largest absolute Gasteiger partial charge is 0.573 e. The number of rotatable bonds is 1. The van der Waals surface area contributed by atoms with E-state index >= 15 is 0 Å². The van der Waals surface area contributed by atoms with Crippen LogP contribution >= 0.6 is 22.6 Å². The molecular weight excluding hydrogens is 315 g/mol. The van der Waals surface area contributed by atoms with Crippen molar-refractivity contribution < 1.29 is 22.3 Å². The van der Waals surface area contributed by atoms with E-state index < -0.39 is 17.9 Å². The van der Waals surface area contributed by atoms with E-state index in [1.54, 1.807) is 29.5 Å². The zero-order valence-corrected chi connectivity index (χ0v) is 9.11. The highest BCUT2D eigenvalue weighted by atomic mass is 127. The van der Waals surface area contributed by atoms with E-state index in [1.807, 2.05) is 0 Å². The lowest BCUT2D eigenvalue weighted by Gasteiger charge is -2.11. The van der Waals surface area contributed by atoms with Gasteiger partial charge in [-0.15, -0.1) is 13.2 Å². The Labute approximate surface area is 91.2 Å². The molecule has 0 bridgehead atoms. The zero-order chi connectivity index (χ0) is 10.9. The van der Waals surface area contributed by atoms with E-state index in [1.165, 1.54) is 6.07 Å². The second kappa shape index (κ2) is 3.92. The van der Waals surface area contributed by atoms with Gasteiger partial charge in [0.2, 0.25) is 0 Å². The van der Waals surface area contributed by atoms with E-state index in [0.29, 0.717) is 5.56 Å². The molecule has 1 nitrogen and oxygen atoms in total. The van der Waals surface area contributed by atoms with Crippen molar-refractivity contribution in [3.8, 4) is 5.75 Å². The van der Waals surface area contributed by atoms with Gasteiger partial charge < -0.3 is 4.74 Å². The van der Waals surface area contributed by atoms with Gasteiger partial charge in [-0.2, -0.15) is 0 Å². The van der Waals surface area contributed by atoms with Gasteiger partial charge in [0.1, 0.15) is 0 Å². The monoisotopic (exact) mass is 320 g/mol. The number of ether oxygens (including phenoxy) is 1. The SMILES string of the molecule is Cc1ccc(OC(F)(F)F)c(F)c1I. The standard InChI is InChI=1S/C8H5F4IO/c1-4-2-3-5(6(9)7(4)13)14-8(10,11)12/h2-3H,1H3.